The van der Waals surface area contributed by atoms with Crippen LogP contribution in [0.15, 0.2) is 36.7 Å². The molecule has 0 unspecified atom stereocenters. The van der Waals surface area contributed by atoms with Crippen molar-refractivity contribution in [3.8, 4) is 5.75 Å². The van der Waals surface area contributed by atoms with Gasteiger partial charge in [-0.15, -0.1) is 0 Å². The molecule has 1 aromatic carbocycles. The van der Waals surface area contributed by atoms with E-state index < -0.39 is 0 Å². The minimum atomic E-state index is 0.690. The van der Waals surface area contributed by atoms with Crippen LogP contribution in [0, 0.1) is 6.92 Å². The zero-order valence-electron chi connectivity index (χ0n) is 12.8. The Bertz CT molecular complexity index is 553. The van der Waals surface area contributed by atoms with Crippen LogP contribution in [-0.2, 0) is 6.54 Å². The lowest BCUT2D eigenvalue weighted by Gasteiger charge is -2.26. The highest BCUT2D eigenvalue weighted by Crippen LogP contribution is 2.27. The van der Waals surface area contributed by atoms with Crippen LogP contribution in [0.4, 0.5) is 5.69 Å². The maximum Gasteiger partial charge on any atom is 0.142 e. The number of hydrogen-bond donors (Lipinski definition) is 1. The maximum absolute atomic E-state index is 5.67. The van der Waals surface area contributed by atoms with Crippen LogP contribution in [0.25, 0.3) is 0 Å². The van der Waals surface area contributed by atoms with Gasteiger partial charge in [0.05, 0.1) is 12.8 Å². The molecule has 0 aliphatic rings. The van der Waals surface area contributed by atoms with E-state index in [2.05, 4.69) is 20.5 Å². The van der Waals surface area contributed by atoms with Crippen molar-refractivity contribution in [2.75, 3.05) is 31.6 Å². The Balaban J connectivity index is 2.12. The van der Waals surface area contributed by atoms with E-state index in [1.807, 2.05) is 37.5 Å². The molecule has 5 heteroatoms. The Kier molecular flexibility index (Phi) is 5.63. The normalized spacial score (nSPS) is 10.6. The van der Waals surface area contributed by atoms with E-state index in [0.29, 0.717) is 6.54 Å². The van der Waals surface area contributed by atoms with Gasteiger partial charge in [0, 0.05) is 32.0 Å². The molecule has 0 amide bonds. The Morgan fingerprint density at radius 2 is 2.10 bits per heavy atom. The van der Waals surface area contributed by atoms with E-state index in [1.54, 1.807) is 7.11 Å². The van der Waals surface area contributed by atoms with Crippen molar-refractivity contribution in [2.24, 2.45) is 5.73 Å². The van der Waals surface area contributed by atoms with Gasteiger partial charge in [0.1, 0.15) is 11.6 Å². The quantitative estimate of drug-likeness (QED) is 0.808. The predicted molar refractivity (Wildman–Crippen MR) is 85.8 cm³/mol. The summed E-state index contributed by atoms with van der Waals surface area (Å²) in [5.41, 5.74) is 6.78. The highest BCUT2D eigenvalue weighted by Gasteiger charge is 2.11. The fraction of sp³-hybridized carbons (Fsp3) is 0.438. The number of benzene rings is 1. The average molecular weight is 288 g/mol. The summed E-state index contributed by atoms with van der Waals surface area (Å²) in [4.78, 5) is 6.59. The first-order chi connectivity index (χ1) is 10.3. The van der Waals surface area contributed by atoms with Gasteiger partial charge in [-0.3, -0.25) is 0 Å². The van der Waals surface area contributed by atoms with Crippen LogP contribution in [0.1, 0.15) is 12.2 Å². The molecule has 0 bridgehead atoms. The number of rotatable bonds is 8. The molecule has 0 atom stereocenters. The molecule has 1 aromatic heterocycles. The number of nitrogens with two attached hydrogens (primary N) is 1. The monoisotopic (exact) mass is 288 g/mol. The summed E-state index contributed by atoms with van der Waals surface area (Å²) in [5, 5.41) is 0. The molecule has 0 fully saturated rings. The SMILES string of the molecule is COc1ccccc1N(CCCN)CCn1ccnc1C. The van der Waals surface area contributed by atoms with Crippen LogP contribution < -0.4 is 15.4 Å². The van der Waals surface area contributed by atoms with Crippen molar-refractivity contribution in [1.29, 1.82) is 0 Å². The van der Waals surface area contributed by atoms with Gasteiger partial charge in [-0.1, -0.05) is 12.1 Å². The molecule has 114 valence electrons. The molecule has 2 aromatic rings. The van der Waals surface area contributed by atoms with Gasteiger partial charge in [-0.25, -0.2) is 4.98 Å². The molecular weight excluding hydrogens is 264 g/mol. The minimum absolute atomic E-state index is 0.690. The average Bonchev–Trinajstić information content (AvgIpc) is 2.93. The molecular formula is C16H24N4O. The van der Waals surface area contributed by atoms with Crippen molar-refractivity contribution >= 4 is 5.69 Å². The van der Waals surface area contributed by atoms with Crippen molar-refractivity contribution < 1.29 is 4.74 Å². The number of anilines is 1. The fourth-order valence-corrected chi connectivity index (χ4v) is 2.39. The molecule has 0 aliphatic carbocycles. The number of nitrogens with zero attached hydrogens (tertiary/aromatic N) is 3. The minimum Gasteiger partial charge on any atom is -0.495 e. The standard InChI is InChI=1S/C16H24N4O/c1-14-18-9-11-19(14)12-13-20(10-5-8-17)15-6-3-4-7-16(15)21-2/h3-4,6-7,9,11H,5,8,10,12-13,17H2,1-2H3. The van der Waals surface area contributed by atoms with E-state index in [4.69, 9.17) is 10.5 Å². The van der Waals surface area contributed by atoms with Gasteiger partial charge in [-0.2, -0.15) is 0 Å². The second-order valence-corrected chi connectivity index (χ2v) is 4.97. The molecule has 21 heavy (non-hydrogen) atoms. The number of aromatic nitrogens is 2. The van der Waals surface area contributed by atoms with Crippen molar-refractivity contribution in [3.05, 3.63) is 42.5 Å². The van der Waals surface area contributed by atoms with Gasteiger partial charge >= 0.3 is 0 Å². The lowest BCUT2D eigenvalue weighted by atomic mass is 10.2. The lowest BCUT2D eigenvalue weighted by Crippen LogP contribution is -2.30. The third-order valence-electron chi connectivity index (χ3n) is 3.59. The summed E-state index contributed by atoms with van der Waals surface area (Å²) in [6.07, 6.45) is 4.81. The first kappa shape index (κ1) is 15.4. The van der Waals surface area contributed by atoms with Crippen molar-refractivity contribution in [3.63, 3.8) is 0 Å². The Labute approximate surface area is 126 Å². The van der Waals surface area contributed by atoms with E-state index in [-0.39, 0.29) is 0 Å². The van der Waals surface area contributed by atoms with Crippen LogP contribution in [0.5, 0.6) is 5.75 Å². The molecule has 0 spiro atoms. The number of hydrogen-bond acceptors (Lipinski definition) is 4. The second kappa shape index (κ2) is 7.69. The third-order valence-corrected chi connectivity index (χ3v) is 3.59. The molecule has 0 aliphatic heterocycles. The number of aryl methyl sites for hydroxylation is 1. The van der Waals surface area contributed by atoms with Crippen LogP contribution >= 0.6 is 0 Å². The summed E-state index contributed by atoms with van der Waals surface area (Å²) >= 11 is 0. The Hall–Kier alpha value is -2.01. The van der Waals surface area contributed by atoms with E-state index in [0.717, 1.165) is 43.3 Å². The molecule has 1 heterocycles. The zero-order chi connectivity index (χ0) is 15.1. The molecule has 5 nitrogen and oxygen atoms in total. The van der Waals surface area contributed by atoms with Gasteiger partial charge in [-0.05, 0) is 32.0 Å². The summed E-state index contributed by atoms with van der Waals surface area (Å²) in [6, 6.07) is 8.11. The first-order valence-corrected chi connectivity index (χ1v) is 7.32. The first-order valence-electron chi connectivity index (χ1n) is 7.32. The summed E-state index contributed by atoms with van der Waals surface area (Å²) < 4.78 is 7.63. The van der Waals surface area contributed by atoms with E-state index in [9.17, 15) is 0 Å². The van der Waals surface area contributed by atoms with Crippen LogP contribution in [0.3, 0.4) is 0 Å². The molecule has 0 radical (unpaired) electrons. The van der Waals surface area contributed by atoms with Crippen molar-refractivity contribution in [1.82, 2.24) is 9.55 Å². The van der Waals surface area contributed by atoms with E-state index in [1.165, 1.54) is 0 Å². The number of ether oxygens (including phenoxy) is 1. The van der Waals surface area contributed by atoms with Crippen LogP contribution in [0.2, 0.25) is 0 Å². The predicted octanol–water partition coefficient (Wildman–Crippen LogP) is 2.06. The largest absolute Gasteiger partial charge is 0.495 e. The molecule has 0 saturated carbocycles. The smallest absolute Gasteiger partial charge is 0.142 e. The lowest BCUT2D eigenvalue weighted by molar-refractivity contribution is 0.413. The van der Waals surface area contributed by atoms with Gasteiger partial charge in [0.2, 0.25) is 0 Å². The molecule has 2 rings (SSSR count). The topological polar surface area (TPSA) is 56.3 Å². The second-order valence-electron chi connectivity index (χ2n) is 4.97. The fourth-order valence-electron chi connectivity index (χ4n) is 2.39. The zero-order valence-corrected chi connectivity index (χ0v) is 12.8. The summed E-state index contributed by atoms with van der Waals surface area (Å²) in [7, 11) is 1.71. The number of imidazole rings is 1. The van der Waals surface area contributed by atoms with Gasteiger partial charge < -0.3 is 19.9 Å². The van der Waals surface area contributed by atoms with Crippen LogP contribution in [-0.4, -0.2) is 36.3 Å². The van der Waals surface area contributed by atoms with Gasteiger partial charge in [0.15, 0.2) is 0 Å². The highest BCUT2D eigenvalue weighted by atomic mass is 16.5. The third kappa shape index (κ3) is 3.98. The Morgan fingerprint density at radius 1 is 1.29 bits per heavy atom. The summed E-state index contributed by atoms with van der Waals surface area (Å²) in [6.45, 7) is 5.43. The molecule has 2 N–H and O–H groups in total. The number of methoxy groups -OCH3 is 1. The highest BCUT2D eigenvalue weighted by molar-refractivity contribution is 5.58. The van der Waals surface area contributed by atoms with Gasteiger partial charge in [0.25, 0.3) is 0 Å². The Morgan fingerprint density at radius 3 is 2.76 bits per heavy atom. The molecule has 0 saturated heterocycles. The maximum atomic E-state index is 5.67. The van der Waals surface area contributed by atoms with E-state index >= 15 is 0 Å². The number of para-hydroxylation sites is 2. The van der Waals surface area contributed by atoms with Crippen molar-refractivity contribution in [2.45, 2.75) is 19.9 Å². The summed E-state index contributed by atoms with van der Waals surface area (Å²) in [5.74, 6) is 1.94.